The number of rotatable bonds is 3. The summed E-state index contributed by atoms with van der Waals surface area (Å²) >= 11 is 4.09. The fourth-order valence-electron chi connectivity index (χ4n) is 0.854. The molecule has 0 unspecified atom stereocenters. The van der Waals surface area contributed by atoms with E-state index in [0.717, 1.165) is 4.90 Å². The number of amides is 1. The Morgan fingerprint density at radius 2 is 2.00 bits per heavy atom. The van der Waals surface area contributed by atoms with Gasteiger partial charge in [-0.05, 0) is 24.3 Å². The van der Waals surface area contributed by atoms with E-state index in [-0.39, 0.29) is 12.3 Å². The lowest BCUT2D eigenvalue weighted by atomic mass is 10.3. The van der Waals surface area contributed by atoms with Crippen molar-refractivity contribution in [2.24, 2.45) is 0 Å². The highest BCUT2D eigenvalue weighted by Gasteiger charge is 2.00. The summed E-state index contributed by atoms with van der Waals surface area (Å²) in [7, 11) is 0. The number of alkyl halides is 1. The Labute approximate surface area is 81.6 Å². The molecule has 0 aromatic heterocycles. The van der Waals surface area contributed by atoms with Gasteiger partial charge in [0.25, 0.3) is 0 Å². The van der Waals surface area contributed by atoms with Crippen LogP contribution in [-0.4, -0.2) is 12.6 Å². The van der Waals surface area contributed by atoms with Gasteiger partial charge in [-0.2, -0.15) is 0 Å². The molecule has 2 nitrogen and oxygen atoms in total. The van der Waals surface area contributed by atoms with Gasteiger partial charge in [-0.1, -0.05) is 0 Å². The third-order valence-corrected chi connectivity index (χ3v) is 1.77. The topological polar surface area (TPSA) is 29.1 Å². The third kappa shape index (κ3) is 3.46. The molecule has 1 rings (SSSR count). The molecule has 0 radical (unpaired) electrons. The molecule has 0 saturated heterocycles. The van der Waals surface area contributed by atoms with E-state index in [9.17, 15) is 9.18 Å². The van der Waals surface area contributed by atoms with Gasteiger partial charge < -0.3 is 5.32 Å². The van der Waals surface area contributed by atoms with Gasteiger partial charge in [0.15, 0.2) is 0 Å². The SMILES string of the molecule is O=C(CCF)Nc1ccc(S)cc1. The van der Waals surface area contributed by atoms with E-state index in [2.05, 4.69) is 17.9 Å². The van der Waals surface area contributed by atoms with E-state index in [0.29, 0.717) is 5.69 Å². The van der Waals surface area contributed by atoms with E-state index < -0.39 is 6.67 Å². The highest BCUT2D eigenvalue weighted by Crippen LogP contribution is 2.11. The molecule has 0 aliphatic carbocycles. The average molecular weight is 199 g/mol. The molecule has 0 atom stereocenters. The van der Waals surface area contributed by atoms with Crippen LogP contribution in [0, 0.1) is 0 Å². The van der Waals surface area contributed by atoms with Crippen molar-refractivity contribution in [3.8, 4) is 0 Å². The predicted octanol–water partition coefficient (Wildman–Crippen LogP) is 2.27. The molecule has 0 bridgehead atoms. The lowest BCUT2D eigenvalue weighted by Crippen LogP contribution is -2.11. The molecule has 1 aromatic carbocycles. The van der Waals surface area contributed by atoms with E-state index >= 15 is 0 Å². The van der Waals surface area contributed by atoms with Crippen LogP contribution >= 0.6 is 12.6 Å². The molecule has 0 spiro atoms. The van der Waals surface area contributed by atoms with Crippen LogP contribution in [0.4, 0.5) is 10.1 Å². The lowest BCUT2D eigenvalue weighted by Gasteiger charge is -2.02. The molecular formula is C9H10FNOS. The van der Waals surface area contributed by atoms with Crippen LogP contribution in [0.15, 0.2) is 29.2 Å². The zero-order valence-corrected chi connectivity index (χ0v) is 7.85. The number of benzene rings is 1. The zero-order chi connectivity index (χ0) is 9.68. The van der Waals surface area contributed by atoms with Crippen molar-refractivity contribution in [1.29, 1.82) is 0 Å². The number of carbonyl (C=O) groups excluding carboxylic acids is 1. The van der Waals surface area contributed by atoms with Gasteiger partial charge in [-0.3, -0.25) is 9.18 Å². The second-order valence-electron chi connectivity index (χ2n) is 2.53. The highest BCUT2D eigenvalue weighted by atomic mass is 32.1. The predicted molar refractivity (Wildman–Crippen MR) is 52.9 cm³/mol. The Kier molecular flexibility index (Phi) is 3.76. The van der Waals surface area contributed by atoms with Crippen LogP contribution in [0.1, 0.15) is 6.42 Å². The summed E-state index contributed by atoms with van der Waals surface area (Å²) in [6, 6.07) is 6.96. The first-order valence-corrected chi connectivity index (χ1v) is 4.32. The number of hydrogen-bond acceptors (Lipinski definition) is 2. The lowest BCUT2D eigenvalue weighted by molar-refractivity contribution is -0.116. The Hall–Kier alpha value is -1.03. The number of carbonyl (C=O) groups is 1. The Bertz CT molecular complexity index is 286. The molecular weight excluding hydrogens is 189 g/mol. The highest BCUT2D eigenvalue weighted by molar-refractivity contribution is 7.80. The third-order valence-electron chi connectivity index (χ3n) is 1.47. The molecule has 1 amide bonds. The maximum absolute atomic E-state index is 11.7. The second kappa shape index (κ2) is 4.87. The Balaban J connectivity index is 2.54. The molecule has 70 valence electrons. The first-order chi connectivity index (χ1) is 6.22. The number of nitrogens with one attached hydrogen (secondary N) is 1. The summed E-state index contributed by atoms with van der Waals surface area (Å²) in [5.74, 6) is -0.311. The van der Waals surface area contributed by atoms with Crippen LogP contribution in [0.2, 0.25) is 0 Å². The number of anilines is 1. The smallest absolute Gasteiger partial charge is 0.227 e. The summed E-state index contributed by atoms with van der Waals surface area (Å²) in [5.41, 5.74) is 0.663. The van der Waals surface area contributed by atoms with Crippen molar-refractivity contribution in [3.05, 3.63) is 24.3 Å². The van der Waals surface area contributed by atoms with Crippen molar-refractivity contribution < 1.29 is 9.18 Å². The van der Waals surface area contributed by atoms with Crippen molar-refractivity contribution in [2.75, 3.05) is 12.0 Å². The minimum atomic E-state index is -0.628. The fourth-order valence-corrected chi connectivity index (χ4v) is 1.00. The first-order valence-electron chi connectivity index (χ1n) is 3.87. The van der Waals surface area contributed by atoms with Gasteiger partial charge >= 0.3 is 0 Å². The minimum Gasteiger partial charge on any atom is -0.326 e. The molecule has 0 saturated carbocycles. The van der Waals surface area contributed by atoms with Gasteiger partial charge in [-0.15, -0.1) is 12.6 Å². The Morgan fingerprint density at radius 3 is 2.54 bits per heavy atom. The molecule has 0 fully saturated rings. The summed E-state index contributed by atoms with van der Waals surface area (Å²) in [6.07, 6.45) is -0.0946. The minimum absolute atomic E-state index is 0.0946. The van der Waals surface area contributed by atoms with E-state index in [1.165, 1.54) is 0 Å². The number of thiol groups is 1. The van der Waals surface area contributed by atoms with E-state index in [1.54, 1.807) is 24.3 Å². The van der Waals surface area contributed by atoms with Crippen molar-refractivity contribution in [3.63, 3.8) is 0 Å². The maximum atomic E-state index is 11.7. The first kappa shape index (κ1) is 10.1. The molecule has 1 aromatic rings. The van der Waals surface area contributed by atoms with Crippen LogP contribution in [0.3, 0.4) is 0 Å². The summed E-state index contributed by atoms with van der Waals surface area (Å²) in [6.45, 7) is -0.628. The van der Waals surface area contributed by atoms with Crippen LogP contribution < -0.4 is 5.32 Å². The molecule has 0 heterocycles. The zero-order valence-electron chi connectivity index (χ0n) is 6.96. The van der Waals surface area contributed by atoms with Crippen molar-refractivity contribution in [2.45, 2.75) is 11.3 Å². The van der Waals surface area contributed by atoms with Crippen molar-refractivity contribution in [1.82, 2.24) is 0 Å². The van der Waals surface area contributed by atoms with Crippen molar-refractivity contribution >= 4 is 24.2 Å². The van der Waals surface area contributed by atoms with Crippen LogP contribution in [0.5, 0.6) is 0 Å². The summed E-state index contributed by atoms with van der Waals surface area (Å²) < 4.78 is 11.7. The maximum Gasteiger partial charge on any atom is 0.227 e. The van der Waals surface area contributed by atoms with Gasteiger partial charge in [-0.25, -0.2) is 0 Å². The summed E-state index contributed by atoms with van der Waals surface area (Å²) in [5, 5.41) is 2.56. The molecule has 13 heavy (non-hydrogen) atoms. The quantitative estimate of drug-likeness (QED) is 0.718. The Morgan fingerprint density at radius 1 is 1.38 bits per heavy atom. The average Bonchev–Trinajstić information content (AvgIpc) is 2.09. The fraction of sp³-hybridized carbons (Fsp3) is 0.222. The standard InChI is InChI=1S/C9H10FNOS/c10-6-5-9(12)11-7-1-3-8(13)4-2-7/h1-4,13H,5-6H2,(H,11,12). The second-order valence-corrected chi connectivity index (χ2v) is 3.05. The van der Waals surface area contributed by atoms with E-state index in [1.807, 2.05) is 0 Å². The van der Waals surface area contributed by atoms with Gasteiger partial charge in [0.1, 0.15) is 0 Å². The number of halogens is 1. The van der Waals surface area contributed by atoms with Gasteiger partial charge in [0, 0.05) is 10.6 Å². The monoisotopic (exact) mass is 199 g/mol. The van der Waals surface area contributed by atoms with Crippen LogP contribution in [0.25, 0.3) is 0 Å². The molecule has 4 heteroatoms. The number of hydrogen-bond donors (Lipinski definition) is 2. The van der Waals surface area contributed by atoms with E-state index in [4.69, 9.17) is 0 Å². The van der Waals surface area contributed by atoms with Gasteiger partial charge in [0.05, 0.1) is 13.1 Å². The van der Waals surface area contributed by atoms with Crippen LogP contribution in [-0.2, 0) is 4.79 Å². The molecule has 0 aliphatic rings. The molecule has 0 aliphatic heterocycles. The molecule has 1 N–H and O–H groups in total. The largest absolute Gasteiger partial charge is 0.326 e. The summed E-state index contributed by atoms with van der Waals surface area (Å²) in [4.78, 5) is 11.7. The van der Waals surface area contributed by atoms with Gasteiger partial charge in [0.2, 0.25) is 5.91 Å². The normalized spacial score (nSPS) is 9.69.